The third-order valence-corrected chi connectivity index (χ3v) is 3.99. The zero-order valence-electron chi connectivity index (χ0n) is 14.1. The first-order valence-corrected chi connectivity index (χ1v) is 7.94. The summed E-state index contributed by atoms with van der Waals surface area (Å²) >= 11 is 0. The average Bonchev–Trinajstić information content (AvgIpc) is 2.91. The first-order chi connectivity index (χ1) is 11.5. The van der Waals surface area contributed by atoms with Gasteiger partial charge in [0.1, 0.15) is 5.75 Å². The van der Waals surface area contributed by atoms with Gasteiger partial charge in [-0.3, -0.25) is 9.48 Å². The molecule has 3 rings (SSSR count). The quantitative estimate of drug-likeness (QED) is 0.785. The van der Waals surface area contributed by atoms with Gasteiger partial charge in [-0.15, -0.1) is 0 Å². The van der Waals surface area contributed by atoms with E-state index in [4.69, 9.17) is 4.74 Å². The van der Waals surface area contributed by atoms with Crippen molar-refractivity contribution in [1.29, 1.82) is 0 Å². The van der Waals surface area contributed by atoms with Crippen molar-refractivity contribution < 1.29 is 9.53 Å². The number of carbonyl (C=O) groups is 1. The zero-order chi connectivity index (χ0) is 17.1. The molecule has 5 heteroatoms. The van der Waals surface area contributed by atoms with Gasteiger partial charge >= 0.3 is 0 Å². The predicted molar refractivity (Wildman–Crippen MR) is 93.9 cm³/mol. The maximum Gasteiger partial charge on any atom is 0.258 e. The molecule has 3 aromatic rings. The first kappa shape index (κ1) is 16.1. The summed E-state index contributed by atoms with van der Waals surface area (Å²) < 4.78 is 7.36. The summed E-state index contributed by atoms with van der Waals surface area (Å²) in [5, 5.41) is 9.48. The Morgan fingerprint density at radius 2 is 2.00 bits per heavy atom. The lowest BCUT2D eigenvalue weighted by molar-refractivity contribution is -0.123. The number of carbonyl (C=O) groups excluding carboxylic acids is 1. The first-order valence-electron chi connectivity index (χ1n) is 7.94. The Morgan fingerprint density at radius 3 is 2.71 bits per heavy atom. The van der Waals surface area contributed by atoms with E-state index < -0.39 is 0 Å². The lowest BCUT2D eigenvalue weighted by atomic mass is 10.1. The zero-order valence-corrected chi connectivity index (χ0v) is 14.1. The van der Waals surface area contributed by atoms with Crippen LogP contribution < -0.4 is 10.1 Å². The SMILES string of the molecule is Cc1nn(C)cc1C(C)NC(=O)COc1ccc2ccccc2c1. The number of amides is 1. The topological polar surface area (TPSA) is 56.2 Å². The minimum absolute atomic E-state index is 0.0119. The van der Waals surface area contributed by atoms with Crippen LogP contribution in [0.3, 0.4) is 0 Å². The molecule has 1 amide bonds. The molecule has 1 atom stereocenters. The van der Waals surface area contributed by atoms with Crippen LogP contribution >= 0.6 is 0 Å². The molecule has 0 radical (unpaired) electrons. The summed E-state index contributed by atoms with van der Waals surface area (Å²) in [5.74, 6) is 0.535. The number of hydrogen-bond acceptors (Lipinski definition) is 3. The van der Waals surface area contributed by atoms with Crippen molar-refractivity contribution in [2.75, 3.05) is 6.61 Å². The lowest BCUT2D eigenvalue weighted by Gasteiger charge is -2.14. The molecule has 0 fully saturated rings. The highest BCUT2D eigenvalue weighted by Gasteiger charge is 2.14. The number of benzene rings is 2. The van der Waals surface area contributed by atoms with Gasteiger partial charge in [-0.05, 0) is 36.8 Å². The third-order valence-electron chi connectivity index (χ3n) is 3.99. The molecule has 124 valence electrons. The molecule has 1 aromatic heterocycles. The second-order valence-electron chi connectivity index (χ2n) is 5.93. The number of nitrogens with one attached hydrogen (secondary N) is 1. The largest absolute Gasteiger partial charge is 0.484 e. The van der Waals surface area contributed by atoms with E-state index in [2.05, 4.69) is 10.4 Å². The van der Waals surface area contributed by atoms with Gasteiger partial charge in [0, 0.05) is 18.8 Å². The summed E-state index contributed by atoms with van der Waals surface area (Å²) in [6, 6.07) is 13.8. The van der Waals surface area contributed by atoms with E-state index in [1.807, 2.05) is 69.6 Å². The molecule has 0 aliphatic rings. The van der Waals surface area contributed by atoms with E-state index in [1.165, 1.54) is 0 Å². The molecule has 0 bridgehead atoms. The smallest absolute Gasteiger partial charge is 0.258 e. The van der Waals surface area contributed by atoms with Gasteiger partial charge in [0.25, 0.3) is 5.91 Å². The van der Waals surface area contributed by atoms with Crippen molar-refractivity contribution in [1.82, 2.24) is 15.1 Å². The van der Waals surface area contributed by atoms with Gasteiger partial charge in [0.15, 0.2) is 6.61 Å². The molecule has 0 saturated heterocycles. The summed E-state index contributed by atoms with van der Waals surface area (Å²) in [7, 11) is 1.87. The van der Waals surface area contributed by atoms with Gasteiger partial charge in [0.05, 0.1) is 11.7 Å². The van der Waals surface area contributed by atoms with Crippen molar-refractivity contribution in [3.63, 3.8) is 0 Å². The Kier molecular flexibility index (Phi) is 4.51. The standard InChI is InChI=1S/C19H21N3O2/c1-13(18-11-22(3)21-14(18)2)20-19(23)12-24-17-9-8-15-6-4-5-7-16(15)10-17/h4-11,13H,12H2,1-3H3,(H,20,23). The van der Waals surface area contributed by atoms with Crippen LogP contribution in [0, 0.1) is 6.92 Å². The Labute approximate surface area is 141 Å². The number of ether oxygens (including phenoxy) is 1. The summed E-state index contributed by atoms with van der Waals surface area (Å²) in [6.45, 7) is 3.86. The normalized spacial score (nSPS) is 12.1. The lowest BCUT2D eigenvalue weighted by Crippen LogP contribution is -2.31. The van der Waals surface area contributed by atoms with Crippen LogP contribution in [0.1, 0.15) is 24.2 Å². The minimum Gasteiger partial charge on any atom is -0.484 e. The average molecular weight is 323 g/mol. The van der Waals surface area contributed by atoms with Crippen molar-refractivity contribution >= 4 is 16.7 Å². The number of aryl methyl sites for hydroxylation is 2. The molecule has 1 unspecified atom stereocenters. The van der Waals surface area contributed by atoms with Crippen molar-refractivity contribution in [2.24, 2.45) is 7.05 Å². The Balaban J connectivity index is 1.59. The highest BCUT2D eigenvalue weighted by Crippen LogP contribution is 2.20. The fourth-order valence-corrected chi connectivity index (χ4v) is 2.81. The monoisotopic (exact) mass is 323 g/mol. The van der Waals surface area contributed by atoms with E-state index in [9.17, 15) is 4.79 Å². The fraction of sp³-hybridized carbons (Fsp3) is 0.263. The van der Waals surface area contributed by atoms with Crippen LogP contribution in [0.15, 0.2) is 48.7 Å². The predicted octanol–water partition coefficient (Wildman–Crippen LogP) is 3.14. The molecule has 0 aliphatic carbocycles. The highest BCUT2D eigenvalue weighted by atomic mass is 16.5. The van der Waals surface area contributed by atoms with Gasteiger partial charge < -0.3 is 10.1 Å². The van der Waals surface area contributed by atoms with Crippen LogP contribution in [0.5, 0.6) is 5.75 Å². The molecule has 1 heterocycles. The Bertz CT molecular complexity index is 870. The van der Waals surface area contributed by atoms with Crippen LogP contribution in [-0.4, -0.2) is 22.3 Å². The fourth-order valence-electron chi connectivity index (χ4n) is 2.81. The summed E-state index contributed by atoms with van der Waals surface area (Å²) in [6.07, 6.45) is 1.92. The number of nitrogens with zero attached hydrogens (tertiary/aromatic N) is 2. The maximum atomic E-state index is 12.1. The molecule has 2 aromatic carbocycles. The molecule has 1 N–H and O–H groups in total. The highest BCUT2D eigenvalue weighted by molar-refractivity contribution is 5.84. The molecular formula is C19H21N3O2. The van der Waals surface area contributed by atoms with Gasteiger partial charge in [-0.1, -0.05) is 30.3 Å². The van der Waals surface area contributed by atoms with Gasteiger partial charge in [-0.2, -0.15) is 5.10 Å². The molecular weight excluding hydrogens is 302 g/mol. The van der Waals surface area contributed by atoms with E-state index in [1.54, 1.807) is 4.68 Å². The second-order valence-corrected chi connectivity index (χ2v) is 5.93. The van der Waals surface area contributed by atoms with E-state index in [0.717, 1.165) is 22.0 Å². The van der Waals surface area contributed by atoms with Crippen LogP contribution in [0.25, 0.3) is 10.8 Å². The van der Waals surface area contributed by atoms with Crippen LogP contribution in [0.4, 0.5) is 0 Å². The van der Waals surface area contributed by atoms with Gasteiger partial charge in [-0.25, -0.2) is 0 Å². The summed E-state index contributed by atoms with van der Waals surface area (Å²) in [5.41, 5.74) is 1.93. The second kappa shape index (κ2) is 6.74. The van der Waals surface area contributed by atoms with E-state index >= 15 is 0 Å². The Hall–Kier alpha value is -2.82. The summed E-state index contributed by atoms with van der Waals surface area (Å²) in [4.78, 5) is 12.1. The maximum absolute atomic E-state index is 12.1. The van der Waals surface area contributed by atoms with E-state index in [-0.39, 0.29) is 18.6 Å². The number of rotatable bonds is 5. The van der Waals surface area contributed by atoms with Crippen molar-refractivity contribution in [2.45, 2.75) is 19.9 Å². The molecule has 5 nitrogen and oxygen atoms in total. The number of hydrogen-bond donors (Lipinski definition) is 1. The molecule has 0 spiro atoms. The van der Waals surface area contributed by atoms with Gasteiger partial charge in [0.2, 0.25) is 0 Å². The Morgan fingerprint density at radius 1 is 1.25 bits per heavy atom. The minimum atomic E-state index is -0.154. The van der Waals surface area contributed by atoms with Crippen molar-refractivity contribution in [3.8, 4) is 5.75 Å². The number of aromatic nitrogens is 2. The molecule has 0 aliphatic heterocycles. The van der Waals surface area contributed by atoms with Crippen LogP contribution in [-0.2, 0) is 11.8 Å². The van der Waals surface area contributed by atoms with Crippen molar-refractivity contribution in [3.05, 3.63) is 59.9 Å². The van der Waals surface area contributed by atoms with Crippen LogP contribution in [0.2, 0.25) is 0 Å². The number of fused-ring (bicyclic) bond motifs is 1. The third kappa shape index (κ3) is 3.56. The molecule has 24 heavy (non-hydrogen) atoms. The van der Waals surface area contributed by atoms with E-state index in [0.29, 0.717) is 5.75 Å². The molecule has 0 saturated carbocycles.